The predicted molar refractivity (Wildman–Crippen MR) is 68.9 cm³/mol. The average molecular weight is 237 g/mol. The van der Waals surface area contributed by atoms with E-state index >= 15 is 0 Å². The summed E-state index contributed by atoms with van der Waals surface area (Å²) >= 11 is 1.83. The lowest BCUT2D eigenvalue weighted by Gasteiger charge is -2.15. The Kier molecular flexibility index (Phi) is 4.27. The number of hydrogen-bond acceptors (Lipinski definition) is 3. The first-order valence-corrected chi connectivity index (χ1v) is 6.83. The molecule has 1 fully saturated rings. The van der Waals surface area contributed by atoms with Crippen LogP contribution in [-0.4, -0.2) is 29.5 Å². The van der Waals surface area contributed by atoms with Crippen LogP contribution in [0.5, 0.6) is 0 Å². The fourth-order valence-electron chi connectivity index (χ4n) is 1.65. The molecular weight excluding hydrogens is 218 g/mol. The molecule has 3 heteroatoms. The third-order valence-corrected chi connectivity index (χ3v) is 4.14. The summed E-state index contributed by atoms with van der Waals surface area (Å²) in [5, 5.41) is 12.7. The van der Waals surface area contributed by atoms with E-state index in [9.17, 15) is 5.11 Å². The van der Waals surface area contributed by atoms with E-state index in [-0.39, 0.29) is 12.6 Å². The van der Waals surface area contributed by atoms with Crippen molar-refractivity contribution in [2.75, 3.05) is 12.4 Å². The molecule has 2 N–H and O–H groups in total. The Morgan fingerprint density at radius 2 is 2.19 bits per heavy atom. The number of benzene rings is 1. The molecule has 1 aromatic carbocycles. The molecule has 0 heterocycles. The maximum atomic E-state index is 9.27. The second kappa shape index (κ2) is 5.71. The van der Waals surface area contributed by atoms with Gasteiger partial charge >= 0.3 is 0 Å². The van der Waals surface area contributed by atoms with Crippen LogP contribution in [0.15, 0.2) is 29.2 Å². The number of nitrogens with one attached hydrogen (secondary N) is 1. The Morgan fingerprint density at radius 3 is 2.81 bits per heavy atom. The lowest BCUT2D eigenvalue weighted by molar-refractivity contribution is 0.253. The first-order chi connectivity index (χ1) is 7.79. The summed E-state index contributed by atoms with van der Waals surface area (Å²) in [6, 6.07) is 9.30. The summed E-state index contributed by atoms with van der Waals surface area (Å²) in [5.41, 5.74) is 1.32. The Labute approximate surface area is 101 Å². The van der Waals surface area contributed by atoms with Crippen LogP contribution >= 0.6 is 11.8 Å². The molecule has 0 bridgehead atoms. The van der Waals surface area contributed by atoms with Gasteiger partial charge in [0.05, 0.1) is 6.61 Å². The Morgan fingerprint density at radius 1 is 1.44 bits per heavy atom. The molecule has 1 atom stereocenters. The average Bonchev–Trinajstić information content (AvgIpc) is 3.10. The summed E-state index contributed by atoms with van der Waals surface area (Å²) in [6.07, 6.45) is 2.54. The van der Waals surface area contributed by atoms with Gasteiger partial charge in [0.15, 0.2) is 0 Å². The third-order valence-electron chi connectivity index (χ3n) is 2.80. The van der Waals surface area contributed by atoms with E-state index in [0.717, 1.165) is 5.75 Å². The van der Waals surface area contributed by atoms with E-state index in [1.807, 2.05) is 11.8 Å². The monoisotopic (exact) mass is 237 g/mol. The molecular formula is C13H19NOS. The summed E-state index contributed by atoms with van der Waals surface area (Å²) in [6.45, 7) is 2.36. The van der Waals surface area contributed by atoms with Crippen LogP contribution in [0.1, 0.15) is 18.4 Å². The summed E-state index contributed by atoms with van der Waals surface area (Å²) in [5.74, 6) is 0.942. The van der Waals surface area contributed by atoms with Gasteiger partial charge in [-0.2, -0.15) is 0 Å². The zero-order valence-corrected chi connectivity index (χ0v) is 10.5. The van der Waals surface area contributed by atoms with Crippen LogP contribution in [0.25, 0.3) is 0 Å². The van der Waals surface area contributed by atoms with Gasteiger partial charge < -0.3 is 10.4 Å². The maximum absolute atomic E-state index is 9.27. The van der Waals surface area contributed by atoms with Crippen LogP contribution in [-0.2, 0) is 0 Å². The van der Waals surface area contributed by atoms with Crippen LogP contribution < -0.4 is 5.32 Å². The van der Waals surface area contributed by atoms with Crippen molar-refractivity contribution in [1.29, 1.82) is 0 Å². The molecule has 0 aromatic heterocycles. The van der Waals surface area contributed by atoms with Gasteiger partial charge in [0.25, 0.3) is 0 Å². The van der Waals surface area contributed by atoms with Gasteiger partial charge in [-0.15, -0.1) is 11.8 Å². The highest BCUT2D eigenvalue weighted by Crippen LogP contribution is 2.24. The number of thioether (sulfide) groups is 1. The van der Waals surface area contributed by atoms with Crippen molar-refractivity contribution in [1.82, 2.24) is 5.32 Å². The van der Waals surface area contributed by atoms with Gasteiger partial charge in [0, 0.05) is 22.7 Å². The topological polar surface area (TPSA) is 32.3 Å². The lowest BCUT2D eigenvalue weighted by Crippen LogP contribution is -2.36. The third kappa shape index (κ3) is 3.51. The number of hydrogen-bond donors (Lipinski definition) is 2. The maximum Gasteiger partial charge on any atom is 0.0592 e. The van der Waals surface area contributed by atoms with Crippen LogP contribution in [0.2, 0.25) is 0 Å². The zero-order chi connectivity index (χ0) is 11.4. The van der Waals surface area contributed by atoms with E-state index in [0.29, 0.717) is 6.04 Å². The smallest absolute Gasteiger partial charge is 0.0592 e. The van der Waals surface area contributed by atoms with E-state index in [1.54, 1.807) is 0 Å². The molecule has 0 spiro atoms. The highest BCUT2D eigenvalue weighted by atomic mass is 32.2. The highest BCUT2D eigenvalue weighted by molar-refractivity contribution is 7.99. The SMILES string of the molecule is Cc1ccccc1SCC(CO)NC1CC1. The number of aliphatic hydroxyl groups excluding tert-OH is 1. The minimum Gasteiger partial charge on any atom is -0.395 e. The molecule has 0 amide bonds. The van der Waals surface area contributed by atoms with Gasteiger partial charge in [-0.05, 0) is 31.4 Å². The summed E-state index contributed by atoms with van der Waals surface area (Å²) in [7, 11) is 0. The molecule has 0 aliphatic heterocycles. The largest absolute Gasteiger partial charge is 0.395 e. The Balaban J connectivity index is 1.82. The predicted octanol–water partition coefficient (Wildman–Crippen LogP) is 2.20. The van der Waals surface area contributed by atoms with E-state index in [4.69, 9.17) is 0 Å². The second-order valence-corrected chi connectivity index (χ2v) is 5.46. The van der Waals surface area contributed by atoms with Crippen molar-refractivity contribution < 1.29 is 5.11 Å². The van der Waals surface area contributed by atoms with E-state index in [2.05, 4.69) is 36.5 Å². The van der Waals surface area contributed by atoms with Gasteiger partial charge in [-0.25, -0.2) is 0 Å². The van der Waals surface area contributed by atoms with Crippen molar-refractivity contribution in [3.8, 4) is 0 Å². The molecule has 1 aliphatic rings. The molecule has 1 unspecified atom stereocenters. The molecule has 88 valence electrons. The molecule has 0 saturated heterocycles. The fourth-order valence-corrected chi connectivity index (χ4v) is 2.70. The fraction of sp³-hybridized carbons (Fsp3) is 0.538. The van der Waals surface area contributed by atoms with Crippen molar-refractivity contribution in [3.05, 3.63) is 29.8 Å². The van der Waals surface area contributed by atoms with Gasteiger partial charge in [-0.3, -0.25) is 0 Å². The highest BCUT2D eigenvalue weighted by Gasteiger charge is 2.24. The van der Waals surface area contributed by atoms with Crippen molar-refractivity contribution in [2.24, 2.45) is 0 Å². The molecule has 0 radical (unpaired) electrons. The summed E-state index contributed by atoms with van der Waals surface area (Å²) < 4.78 is 0. The standard InChI is InChI=1S/C13H19NOS/c1-10-4-2-3-5-13(10)16-9-12(8-15)14-11-6-7-11/h2-5,11-12,14-15H,6-9H2,1H3. The Hall–Kier alpha value is -0.510. The molecule has 16 heavy (non-hydrogen) atoms. The minimum absolute atomic E-state index is 0.232. The molecule has 1 saturated carbocycles. The first kappa shape index (κ1) is 12.0. The summed E-state index contributed by atoms with van der Waals surface area (Å²) in [4.78, 5) is 1.32. The van der Waals surface area contributed by atoms with Crippen LogP contribution in [0, 0.1) is 6.92 Å². The van der Waals surface area contributed by atoms with Crippen molar-refractivity contribution in [2.45, 2.75) is 36.7 Å². The normalized spacial score (nSPS) is 17.4. The molecule has 2 rings (SSSR count). The van der Waals surface area contributed by atoms with E-state index in [1.165, 1.54) is 23.3 Å². The van der Waals surface area contributed by atoms with Gasteiger partial charge in [-0.1, -0.05) is 18.2 Å². The number of aliphatic hydroxyl groups is 1. The number of rotatable bonds is 6. The van der Waals surface area contributed by atoms with Gasteiger partial charge in [0.1, 0.15) is 0 Å². The van der Waals surface area contributed by atoms with Crippen molar-refractivity contribution >= 4 is 11.8 Å². The molecule has 2 nitrogen and oxygen atoms in total. The second-order valence-electron chi connectivity index (χ2n) is 4.40. The van der Waals surface area contributed by atoms with Gasteiger partial charge in [0.2, 0.25) is 0 Å². The first-order valence-electron chi connectivity index (χ1n) is 5.85. The molecule has 1 aromatic rings. The molecule has 1 aliphatic carbocycles. The minimum atomic E-state index is 0.232. The Bertz CT molecular complexity index is 338. The van der Waals surface area contributed by atoms with Crippen LogP contribution in [0.4, 0.5) is 0 Å². The van der Waals surface area contributed by atoms with Crippen molar-refractivity contribution in [3.63, 3.8) is 0 Å². The number of aryl methyl sites for hydroxylation is 1. The zero-order valence-electron chi connectivity index (χ0n) is 9.65. The van der Waals surface area contributed by atoms with E-state index < -0.39 is 0 Å². The lowest BCUT2D eigenvalue weighted by atomic mass is 10.2. The quantitative estimate of drug-likeness (QED) is 0.744. The van der Waals surface area contributed by atoms with Crippen LogP contribution in [0.3, 0.4) is 0 Å².